The number of halogens is 3. The van der Waals surface area contributed by atoms with Crippen LogP contribution in [0.2, 0.25) is 0 Å². The van der Waals surface area contributed by atoms with Crippen LogP contribution in [0.25, 0.3) is 0 Å². The van der Waals surface area contributed by atoms with E-state index in [2.05, 4.69) is 15.5 Å². The molecule has 96 valence electrons. The first kappa shape index (κ1) is 13.7. The van der Waals surface area contributed by atoms with E-state index >= 15 is 0 Å². The van der Waals surface area contributed by atoms with Crippen molar-refractivity contribution in [3.8, 4) is 0 Å². The molecule has 0 amide bonds. The largest absolute Gasteiger partial charge is 0.435 e. The van der Waals surface area contributed by atoms with Crippen molar-refractivity contribution < 1.29 is 18.3 Å². The molecular formula is C10H14F3N3O. The van der Waals surface area contributed by atoms with Gasteiger partial charge in [-0.3, -0.25) is 0 Å². The summed E-state index contributed by atoms with van der Waals surface area (Å²) in [6, 6.07) is 2.09. The van der Waals surface area contributed by atoms with Gasteiger partial charge in [-0.2, -0.15) is 13.2 Å². The lowest BCUT2D eigenvalue weighted by Gasteiger charge is -2.16. The van der Waals surface area contributed by atoms with Gasteiger partial charge in [0.1, 0.15) is 5.82 Å². The minimum Gasteiger partial charge on any atom is -0.396 e. The molecule has 1 unspecified atom stereocenters. The average molecular weight is 249 g/mol. The van der Waals surface area contributed by atoms with Crippen molar-refractivity contribution in [3.63, 3.8) is 0 Å². The van der Waals surface area contributed by atoms with Gasteiger partial charge >= 0.3 is 6.18 Å². The van der Waals surface area contributed by atoms with Gasteiger partial charge in [0.05, 0.1) is 0 Å². The molecule has 2 N–H and O–H groups in total. The van der Waals surface area contributed by atoms with Gasteiger partial charge in [-0.05, 0) is 25.0 Å². The minimum atomic E-state index is -4.47. The van der Waals surface area contributed by atoms with Gasteiger partial charge in [0.15, 0.2) is 5.69 Å². The average Bonchev–Trinajstić information content (AvgIpc) is 2.28. The van der Waals surface area contributed by atoms with Gasteiger partial charge in [-0.15, -0.1) is 10.2 Å². The summed E-state index contributed by atoms with van der Waals surface area (Å²) >= 11 is 0. The lowest BCUT2D eigenvalue weighted by Crippen LogP contribution is -2.21. The highest BCUT2D eigenvalue weighted by molar-refractivity contribution is 5.34. The molecule has 0 aliphatic rings. The van der Waals surface area contributed by atoms with E-state index in [-0.39, 0.29) is 18.5 Å². The van der Waals surface area contributed by atoms with Crippen LogP contribution in [-0.2, 0) is 6.18 Å². The maximum Gasteiger partial charge on any atom is 0.435 e. The molecule has 0 bridgehead atoms. The Bertz CT molecular complexity index is 340. The van der Waals surface area contributed by atoms with Crippen LogP contribution in [0, 0.1) is 0 Å². The van der Waals surface area contributed by atoms with E-state index < -0.39 is 11.9 Å². The first-order valence-corrected chi connectivity index (χ1v) is 5.25. The summed E-state index contributed by atoms with van der Waals surface area (Å²) in [7, 11) is 0. The Morgan fingerprint density at radius 1 is 1.35 bits per heavy atom. The highest BCUT2D eigenvalue weighted by atomic mass is 19.4. The lowest BCUT2D eigenvalue weighted by atomic mass is 10.1. The lowest BCUT2D eigenvalue weighted by molar-refractivity contribution is -0.141. The van der Waals surface area contributed by atoms with Crippen molar-refractivity contribution in [2.75, 3.05) is 11.9 Å². The molecule has 0 aliphatic carbocycles. The number of aromatic nitrogens is 2. The minimum absolute atomic E-state index is 0.0135. The third-order valence-corrected chi connectivity index (χ3v) is 2.28. The van der Waals surface area contributed by atoms with E-state index in [9.17, 15) is 13.2 Å². The zero-order valence-corrected chi connectivity index (χ0v) is 9.33. The number of hydrogen-bond donors (Lipinski definition) is 2. The molecular weight excluding hydrogens is 235 g/mol. The molecule has 7 heteroatoms. The van der Waals surface area contributed by atoms with Gasteiger partial charge in [0, 0.05) is 12.6 Å². The first-order valence-electron chi connectivity index (χ1n) is 5.25. The van der Waals surface area contributed by atoms with Crippen molar-refractivity contribution in [3.05, 3.63) is 17.8 Å². The van der Waals surface area contributed by atoms with Crippen molar-refractivity contribution in [1.29, 1.82) is 0 Å². The Kier molecular flexibility index (Phi) is 4.68. The van der Waals surface area contributed by atoms with Crippen molar-refractivity contribution in [2.45, 2.75) is 32.0 Å². The molecule has 0 saturated heterocycles. The van der Waals surface area contributed by atoms with Crippen LogP contribution in [0.15, 0.2) is 12.1 Å². The van der Waals surface area contributed by atoms with Crippen molar-refractivity contribution in [1.82, 2.24) is 10.2 Å². The third kappa shape index (κ3) is 4.18. The predicted octanol–water partition coefficient (Wildman–Crippen LogP) is 2.07. The highest BCUT2D eigenvalue weighted by Gasteiger charge is 2.32. The number of alkyl halides is 3. The number of nitrogens with zero attached hydrogens (tertiary/aromatic N) is 2. The van der Waals surface area contributed by atoms with Crippen LogP contribution in [0.4, 0.5) is 19.0 Å². The van der Waals surface area contributed by atoms with Crippen LogP contribution in [0.3, 0.4) is 0 Å². The maximum atomic E-state index is 12.2. The Morgan fingerprint density at radius 2 is 2.06 bits per heavy atom. The number of aliphatic hydroxyl groups excluding tert-OH is 1. The predicted molar refractivity (Wildman–Crippen MR) is 56.4 cm³/mol. The van der Waals surface area contributed by atoms with E-state index in [1.807, 2.05) is 6.92 Å². The summed E-state index contributed by atoms with van der Waals surface area (Å²) in [5, 5.41) is 18.2. The van der Waals surface area contributed by atoms with Gasteiger partial charge < -0.3 is 10.4 Å². The number of aliphatic hydroxyl groups is 1. The number of hydrogen-bond acceptors (Lipinski definition) is 4. The Hall–Kier alpha value is -1.37. The van der Waals surface area contributed by atoms with Crippen molar-refractivity contribution >= 4 is 5.82 Å². The molecule has 0 fully saturated rings. The monoisotopic (exact) mass is 249 g/mol. The highest BCUT2D eigenvalue weighted by Crippen LogP contribution is 2.27. The zero-order valence-electron chi connectivity index (χ0n) is 9.33. The normalized spacial score (nSPS) is 13.5. The number of rotatable bonds is 5. The maximum absolute atomic E-state index is 12.2. The fourth-order valence-electron chi connectivity index (χ4n) is 1.30. The number of nitrogens with one attached hydrogen (secondary N) is 1. The first-order chi connectivity index (χ1) is 7.97. The van der Waals surface area contributed by atoms with Crippen molar-refractivity contribution in [2.24, 2.45) is 0 Å². The Morgan fingerprint density at radius 3 is 2.47 bits per heavy atom. The van der Waals surface area contributed by atoms with Crippen LogP contribution < -0.4 is 5.32 Å². The molecule has 1 atom stereocenters. The summed E-state index contributed by atoms with van der Waals surface area (Å²) in [4.78, 5) is 0. The molecule has 0 aromatic carbocycles. The molecule has 0 radical (unpaired) electrons. The van der Waals surface area contributed by atoms with Crippen LogP contribution in [0.1, 0.15) is 25.5 Å². The molecule has 17 heavy (non-hydrogen) atoms. The molecule has 1 aromatic rings. The van der Waals surface area contributed by atoms with Crippen LogP contribution in [0.5, 0.6) is 0 Å². The fraction of sp³-hybridized carbons (Fsp3) is 0.600. The van der Waals surface area contributed by atoms with Gasteiger partial charge in [-0.25, -0.2) is 0 Å². The third-order valence-electron chi connectivity index (χ3n) is 2.28. The summed E-state index contributed by atoms with van der Waals surface area (Å²) in [5.41, 5.74) is -1.02. The second-order valence-corrected chi connectivity index (χ2v) is 3.56. The number of anilines is 1. The SMILES string of the molecule is CCC(CCO)Nc1ccc(C(F)(F)F)nn1. The van der Waals surface area contributed by atoms with E-state index in [0.717, 1.165) is 12.5 Å². The second kappa shape index (κ2) is 5.81. The van der Waals surface area contributed by atoms with Crippen LogP contribution in [-0.4, -0.2) is 28.0 Å². The molecule has 1 rings (SSSR count). The molecule has 1 aromatic heterocycles. The summed E-state index contributed by atoms with van der Waals surface area (Å²) in [5.74, 6) is 0.276. The van der Waals surface area contributed by atoms with E-state index in [4.69, 9.17) is 5.11 Å². The van der Waals surface area contributed by atoms with Gasteiger partial charge in [-0.1, -0.05) is 6.92 Å². The summed E-state index contributed by atoms with van der Waals surface area (Å²) in [6.07, 6.45) is -3.22. The standard InChI is InChI=1S/C10H14F3N3O/c1-2-7(5-6-17)14-9-4-3-8(15-16-9)10(11,12)13/h3-4,7,17H,2,5-6H2,1H3,(H,14,16). The Balaban J connectivity index is 2.68. The van der Waals surface area contributed by atoms with Gasteiger partial charge in [0.25, 0.3) is 0 Å². The summed E-state index contributed by atoms with van der Waals surface area (Å²) < 4.78 is 36.6. The molecule has 1 heterocycles. The molecule has 4 nitrogen and oxygen atoms in total. The topological polar surface area (TPSA) is 58.0 Å². The van der Waals surface area contributed by atoms with E-state index in [1.54, 1.807) is 0 Å². The molecule has 0 saturated carbocycles. The molecule has 0 aliphatic heterocycles. The summed E-state index contributed by atoms with van der Waals surface area (Å²) in [6.45, 7) is 1.92. The smallest absolute Gasteiger partial charge is 0.396 e. The van der Waals surface area contributed by atoms with Crippen LogP contribution >= 0.6 is 0 Å². The van der Waals surface area contributed by atoms with E-state index in [1.165, 1.54) is 6.07 Å². The fourth-order valence-corrected chi connectivity index (χ4v) is 1.30. The quantitative estimate of drug-likeness (QED) is 0.838. The molecule has 0 spiro atoms. The Labute approximate surface area is 96.9 Å². The van der Waals surface area contributed by atoms with E-state index in [0.29, 0.717) is 6.42 Å². The zero-order chi connectivity index (χ0) is 12.9. The second-order valence-electron chi connectivity index (χ2n) is 3.56. The van der Waals surface area contributed by atoms with Gasteiger partial charge in [0.2, 0.25) is 0 Å².